The second kappa shape index (κ2) is 17.0. The molecule has 0 fully saturated rings. The predicted molar refractivity (Wildman–Crippen MR) is 118 cm³/mol. The zero-order valence-electron chi connectivity index (χ0n) is 16.4. The molecule has 0 radical (unpaired) electrons. The molecule has 4 heteroatoms. The van der Waals surface area contributed by atoms with Crippen LogP contribution in [-0.4, -0.2) is 38.1 Å². The predicted octanol–water partition coefficient (Wildman–Crippen LogP) is 5.76. The Morgan fingerprint density at radius 1 is 0.923 bits per heavy atom. The molecule has 0 saturated heterocycles. The van der Waals surface area contributed by atoms with Crippen LogP contribution < -0.4 is 0 Å². The summed E-state index contributed by atoms with van der Waals surface area (Å²) >= 11 is 2.39. The quantitative estimate of drug-likeness (QED) is 0.230. The SMILES string of the molecule is CO[C@@H](CO)COCCCCCCCCCCCCc1cccc(I)c1. The van der Waals surface area contributed by atoms with Crippen molar-refractivity contribution in [3.63, 3.8) is 0 Å². The van der Waals surface area contributed by atoms with Crippen molar-refractivity contribution < 1.29 is 14.6 Å². The van der Waals surface area contributed by atoms with Crippen LogP contribution in [0, 0.1) is 3.57 Å². The minimum absolute atomic E-state index is 0.0299. The van der Waals surface area contributed by atoms with E-state index >= 15 is 0 Å². The summed E-state index contributed by atoms with van der Waals surface area (Å²) in [6.45, 7) is 1.30. The normalized spacial score (nSPS) is 12.4. The molecule has 150 valence electrons. The van der Waals surface area contributed by atoms with Crippen LogP contribution in [-0.2, 0) is 15.9 Å². The highest BCUT2D eigenvalue weighted by Crippen LogP contribution is 2.14. The van der Waals surface area contributed by atoms with Crippen LogP contribution in [0.2, 0.25) is 0 Å². The molecule has 1 aromatic rings. The average molecular weight is 476 g/mol. The van der Waals surface area contributed by atoms with Gasteiger partial charge in [0.15, 0.2) is 0 Å². The van der Waals surface area contributed by atoms with Gasteiger partial charge in [-0.1, -0.05) is 63.5 Å². The van der Waals surface area contributed by atoms with Gasteiger partial charge in [0.25, 0.3) is 0 Å². The Morgan fingerprint density at radius 3 is 2.12 bits per heavy atom. The van der Waals surface area contributed by atoms with Gasteiger partial charge < -0.3 is 14.6 Å². The number of aryl methyl sites for hydroxylation is 1. The number of benzene rings is 1. The molecule has 0 unspecified atom stereocenters. The molecule has 1 rings (SSSR count). The highest BCUT2D eigenvalue weighted by Gasteiger charge is 2.04. The number of halogens is 1. The lowest BCUT2D eigenvalue weighted by atomic mass is 10.0. The highest BCUT2D eigenvalue weighted by atomic mass is 127. The Morgan fingerprint density at radius 2 is 1.54 bits per heavy atom. The van der Waals surface area contributed by atoms with Gasteiger partial charge in [-0.3, -0.25) is 0 Å². The summed E-state index contributed by atoms with van der Waals surface area (Å²) in [5.41, 5.74) is 1.48. The van der Waals surface area contributed by atoms with E-state index in [4.69, 9.17) is 14.6 Å². The fourth-order valence-electron chi connectivity index (χ4n) is 3.05. The first-order valence-electron chi connectivity index (χ1n) is 10.2. The number of ether oxygens (including phenoxy) is 2. The molecule has 0 aromatic heterocycles. The van der Waals surface area contributed by atoms with Gasteiger partial charge in [0.05, 0.1) is 13.2 Å². The van der Waals surface area contributed by atoms with Crippen LogP contribution in [0.25, 0.3) is 0 Å². The monoisotopic (exact) mass is 476 g/mol. The summed E-state index contributed by atoms with van der Waals surface area (Å²) in [5.74, 6) is 0. The van der Waals surface area contributed by atoms with Crippen LogP contribution in [0.1, 0.15) is 69.8 Å². The van der Waals surface area contributed by atoms with Gasteiger partial charge in [-0.2, -0.15) is 0 Å². The van der Waals surface area contributed by atoms with E-state index in [0.717, 1.165) is 13.0 Å². The highest BCUT2D eigenvalue weighted by molar-refractivity contribution is 14.1. The topological polar surface area (TPSA) is 38.7 Å². The fourth-order valence-corrected chi connectivity index (χ4v) is 3.66. The van der Waals surface area contributed by atoms with E-state index in [9.17, 15) is 0 Å². The number of rotatable bonds is 17. The van der Waals surface area contributed by atoms with Crippen LogP contribution in [0.4, 0.5) is 0 Å². The van der Waals surface area contributed by atoms with Crippen molar-refractivity contribution in [2.75, 3.05) is 26.9 Å². The summed E-state index contributed by atoms with van der Waals surface area (Å²) in [6.07, 6.45) is 14.3. The van der Waals surface area contributed by atoms with Gasteiger partial charge in [0, 0.05) is 17.3 Å². The summed E-state index contributed by atoms with van der Waals surface area (Å²) in [5, 5.41) is 8.97. The molecule has 0 aliphatic carbocycles. The van der Waals surface area contributed by atoms with Crippen molar-refractivity contribution in [1.82, 2.24) is 0 Å². The Labute approximate surface area is 174 Å². The molecule has 0 spiro atoms. The number of methoxy groups -OCH3 is 1. The molecular formula is C22H37IO3. The average Bonchev–Trinajstić information content (AvgIpc) is 2.65. The second-order valence-corrected chi connectivity index (χ2v) is 8.28. The molecule has 0 aliphatic heterocycles. The van der Waals surface area contributed by atoms with Gasteiger partial charge in [0.1, 0.15) is 6.10 Å². The number of aliphatic hydroxyl groups is 1. The maximum absolute atomic E-state index is 8.97. The van der Waals surface area contributed by atoms with Crippen LogP contribution in [0.15, 0.2) is 24.3 Å². The van der Waals surface area contributed by atoms with Gasteiger partial charge in [-0.05, 0) is 59.5 Å². The van der Waals surface area contributed by atoms with E-state index in [0.29, 0.717) is 6.61 Å². The molecule has 1 aromatic carbocycles. The summed E-state index contributed by atoms with van der Waals surface area (Å²) in [6, 6.07) is 8.86. The largest absolute Gasteiger partial charge is 0.394 e. The Balaban J connectivity index is 1.78. The van der Waals surface area contributed by atoms with Gasteiger partial charge in [-0.15, -0.1) is 0 Å². The number of hydrogen-bond acceptors (Lipinski definition) is 3. The third-order valence-corrected chi connectivity index (χ3v) is 5.40. The zero-order valence-corrected chi connectivity index (χ0v) is 18.6. The molecule has 0 amide bonds. The number of unbranched alkanes of at least 4 members (excludes halogenated alkanes) is 9. The van der Waals surface area contributed by atoms with E-state index < -0.39 is 0 Å². The molecule has 0 heterocycles. The molecule has 0 saturated carbocycles. The molecule has 0 bridgehead atoms. The van der Waals surface area contributed by atoms with Crippen molar-refractivity contribution in [3.8, 4) is 0 Å². The zero-order chi connectivity index (χ0) is 18.9. The summed E-state index contributed by atoms with van der Waals surface area (Å²) < 4.78 is 11.9. The second-order valence-electron chi connectivity index (χ2n) is 7.03. The lowest BCUT2D eigenvalue weighted by Crippen LogP contribution is -2.22. The van der Waals surface area contributed by atoms with Crippen molar-refractivity contribution in [3.05, 3.63) is 33.4 Å². The lowest BCUT2D eigenvalue weighted by molar-refractivity contribution is -0.0205. The van der Waals surface area contributed by atoms with E-state index in [2.05, 4.69) is 46.9 Å². The first kappa shape index (κ1) is 23.9. The van der Waals surface area contributed by atoms with Crippen LogP contribution >= 0.6 is 22.6 Å². The summed E-state index contributed by atoms with van der Waals surface area (Å²) in [4.78, 5) is 0. The van der Waals surface area contributed by atoms with Gasteiger partial charge in [-0.25, -0.2) is 0 Å². The first-order chi connectivity index (χ1) is 12.8. The Hall–Kier alpha value is -0.170. The maximum atomic E-state index is 8.97. The van der Waals surface area contributed by atoms with E-state index in [1.54, 1.807) is 7.11 Å². The van der Waals surface area contributed by atoms with Crippen LogP contribution in [0.5, 0.6) is 0 Å². The van der Waals surface area contributed by atoms with Gasteiger partial charge in [0.2, 0.25) is 0 Å². The van der Waals surface area contributed by atoms with E-state index in [1.807, 2.05) is 0 Å². The minimum atomic E-state index is -0.175. The van der Waals surface area contributed by atoms with Crippen LogP contribution in [0.3, 0.4) is 0 Å². The summed E-state index contributed by atoms with van der Waals surface area (Å²) in [7, 11) is 1.61. The minimum Gasteiger partial charge on any atom is -0.394 e. The molecule has 3 nitrogen and oxygen atoms in total. The van der Waals surface area contributed by atoms with Crippen molar-refractivity contribution in [1.29, 1.82) is 0 Å². The molecule has 0 aliphatic rings. The third kappa shape index (κ3) is 13.1. The van der Waals surface area contributed by atoms with Crippen molar-refractivity contribution >= 4 is 22.6 Å². The van der Waals surface area contributed by atoms with Crippen molar-refractivity contribution in [2.24, 2.45) is 0 Å². The smallest absolute Gasteiger partial charge is 0.103 e. The Bertz CT molecular complexity index is 435. The number of hydrogen-bond donors (Lipinski definition) is 1. The van der Waals surface area contributed by atoms with E-state index in [1.165, 1.54) is 73.3 Å². The Kier molecular flexibility index (Phi) is 15.6. The van der Waals surface area contributed by atoms with Gasteiger partial charge >= 0.3 is 0 Å². The first-order valence-corrected chi connectivity index (χ1v) is 11.3. The molecule has 26 heavy (non-hydrogen) atoms. The molecule has 1 atom stereocenters. The van der Waals surface area contributed by atoms with E-state index in [-0.39, 0.29) is 12.7 Å². The van der Waals surface area contributed by atoms with Crippen molar-refractivity contribution in [2.45, 2.75) is 76.7 Å². The fraction of sp³-hybridized carbons (Fsp3) is 0.727. The maximum Gasteiger partial charge on any atom is 0.103 e. The number of aliphatic hydroxyl groups excluding tert-OH is 1. The standard InChI is InChI=1S/C22H37IO3/c1-25-22(18-24)19-26-16-11-9-7-5-3-2-4-6-8-10-13-20-14-12-15-21(23)17-20/h12,14-15,17,22,24H,2-11,13,16,18-19H2,1H3/t22-/m0/s1. The lowest BCUT2D eigenvalue weighted by Gasteiger charge is -2.12. The third-order valence-electron chi connectivity index (χ3n) is 4.73. The molecule has 1 N–H and O–H groups in total. The molecular weight excluding hydrogens is 439 g/mol.